The Morgan fingerprint density at radius 3 is 2.79 bits per heavy atom. The summed E-state index contributed by atoms with van der Waals surface area (Å²) in [6.45, 7) is 5.38. The van der Waals surface area contributed by atoms with E-state index in [1.54, 1.807) is 0 Å². The summed E-state index contributed by atoms with van der Waals surface area (Å²) < 4.78 is 0. The molecule has 4 heteroatoms. The SMILES string of the molecule is CCc1ccc(CN2CCC(O)(CN(C)C)C2)nc1. The lowest BCUT2D eigenvalue weighted by atomic mass is 10.0. The number of pyridine rings is 1. The highest BCUT2D eigenvalue weighted by Crippen LogP contribution is 2.23. The van der Waals surface area contributed by atoms with Crippen molar-refractivity contribution in [1.82, 2.24) is 14.8 Å². The normalized spacial score (nSPS) is 24.3. The summed E-state index contributed by atoms with van der Waals surface area (Å²) in [6, 6.07) is 4.24. The summed E-state index contributed by atoms with van der Waals surface area (Å²) in [6.07, 6.45) is 3.83. The highest BCUT2D eigenvalue weighted by atomic mass is 16.3. The van der Waals surface area contributed by atoms with E-state index < -0.39 is 5.60 Å². The van der Waals surface area contributed by atoms with Gasteiger partial charge in [-0.15, -0.1) is 0 Å². The van der Waals surface area contributed by atoms with Gasteiger partial charge in [0.2, 0.25) is 0 Å². The van der Waals surface area contributed by atoms with Gasteiger partial charge in [0.15, 0.2) is 0 Å². The van der Waals surface area contributed by atoms with E-state index >= 15 is 0 Å². The molecule has 1 N–H and O–H groups in total. The lowest BCUT2D eigenvalue weighted by Crippen LogP contribution is -2.42. The summed E-state index contributed by atoms with van der Waals surface area (Å²) in [5, 5.41) is 10.5. The third-order valence-electron chi connectivity index (χ3n) is 3.70. The van der Waals surface area contributed by atoms with Crippen LogP contribution in [0.1, 0.15) is 24.6 Å². The van der Waals surface area contributed by atoms with E-state index in [9.17, 15) is 5.11 Å². The molecule has 4 nitrogen and oxygen atoms in total. The monoisotopic (exact) mass is 263 g/mol. The molecule has 0 saturated carbocycles. The Bertz CT molecular complexity index is 404. The Balaban J connectivity index is 1.90. The Labute approximate surface area is 116 Å². The smallest absolute Gasteiger partial charge is 0.0912 e. The highest BCUT2D eigenvalue weighted by molar-refractivity contribution is 5.14. The van der Waals surface area contributed by atoms with Crippen molar-refractivity contribution >= 4 is 0 Å². The maximum Gasteiger partial charge on any atom is 0.0912 e. The molecule has 0 bridgehead atoms. The summed E-state index contributed by atoms with van der Waals surface area (Å²) in [7, 11) is 4.01. The molecule has 2 heterocycles. The molecule has 1 aromatic heterocycles. The quantitative estimate of drug-likeness (QED) is 0.865. The van der Waals surface area contributed by atoms with E-state index in [1.807, 2.05) is 20.3 Å². The summed E-state index contributed by atoms with van der Waals surface area (Å²) in [4.78, 5) is 8.83. The van der Waals surface area contributed by atoms with Crippen molar-refractivity contribution in [2.45, 2.75) is 31.9 Å². The fourth-order valence-corrected chi connectivity index (χ4v) is 2.78. The molecule has 1 aromatic rings. The number of likely N-dealkylation sites (N-methyl/N-ethyl adjacent to an activating group) is 1. The molecule has 0 aromatic carbocycles. The molecule has 1 fully saturated rings. The minimum absolute atomic E-state index is 0.563. The minimum atomic E-state index is -0.563. The van der Waals surface area contributed by atoms with Crippen LogP contribution in [-0.2, 0) is 13.0 Å². The molecule has 1 saturated heterocycles. The molecule has 2 rings (SSSR count). The maximum absolute atomic E-state index is 10.5. The first-order valence-corrected chi connectivity index (χ1v) is 7.04. The molecular formula is C15H25N3O. The molecule has 0 amide bonds. The topological polar surface area (TPSA) is 39.6 Å². The number of hydrogen-bond donors (Lipinski definition) is 1. The van der Waals surface area contributed by atoms with Gasteiger partial charge in [0, 0.05) is 32.4 Å². The van der Waals surface area contributed by atoms with Gasteiger partial charge in [0.05, 0.1) is 11.3 Å². The molecule has 1 aliphatic rings. The van der Waals surface area contributed by atoms with Crippen LogP contribution < -0.4 is 0 Å². The predicted molar refractivity (Wildman–Crippen MR) is 77.0 cm³/mol. The number of aryl methyl sites for hydroxylation is 1. The van der Waals surface area contributed by atoms with Gasteiger partial charge in [-0.1, -0.05) is 13.0 Å². The zero-order valence-corrected chi connectivity index (χ0v) is 12.3. The summed E-state index contributed by atoms with van der Waals surface area (Å²) in [5.74, 6) is 0. The van der Waals surface area contributed by atoms with Gasteiger partial charge in [-0.05, 0) is 38.6 Å². The van der Waals surface area contributed by atoms with Gasteiger partial charge in [-0.25, -0.2) is 0 Å². The highest BCUT2D eigenvalue weighted by Gasteiger charge is 2.36. The van der Waals surface area contributed by atoms with E-state index in [2.05, 4.69) is 33.8 Å². The zero-order valence-electron chi connectivity index (χ0n) is 12.3. The Morgan fingerprint density at radius 2 is 2.21 bits per heavy atom. The second-order valence-electron chi connectivity index (χ2n) is 5.93. The molecule has 0 radical (unpaired) electrons. The first-order chi connectivity index (χ1) is 9.00. The Morgan fingerprint density at radius 1 is 1.42 bits per heavy atom. The van der Waals surface area contributed by atoms with Gasteiger partial charge in [0.25, 0.3) is 0 Å². The molecule has 106 valence electrons. The van der Waals surface area contributed by atoms with Crippen LogP contribution in [0, 0.1) is 0 Å². The number of rotatable bonds is 5. The van der Waals surface area contributed by atoms with Crippen LogP contribution >= 0.6 is 0 Å². The van der Waals surface area contributed by atoms with Gasteiger partial charge < -0.3 is 10.0 Å². The molecule has 1 unspecified atom stereocenters. The fourth-order valence-electron chi connectivity index (χ4n) is 2.78. The number of nitrogens with zero attached hydrogens (tertiary/aromatic N) is 3. The minimum Gasteiger partial charge on any atom is -0.387 e. The van der Waals surface area contributed by atoms with Crippen molar-refractivity contribution in [3.63, 3.8) is 0 Å². The van der Waals surface area contributed by atoms with Crippen LogP contribution in [0.2, 0.25) is 0 Å². The number of likely N-dealkylation sites (tertiary alicyclic amines) is 1. The molecule has 1 atom stereocenters. The zero-order chi connectivity index (χ0) is 13.9. The van der Waals surface area contributed by atoms with Crippen LogP contribution in [0.4, 0.5) is 0 Å². The molecule has 0 spiro atoms. The van der Waals surface area contributed by atoms with Crippen LogP contribution in [0.3, 0.4) is 0 Å². The lowest BCUT2D eigenvalue weighted by molar-refractivity contribution is 0.0239. The number of aromatic nitrogens is 1. The molecule has 0 aliphatic carbocycles. The average molecular weight is 263 g/mol. The predicted octanol–water partition coefficient (Wildman–Crippen LogP) is 1.14. The van der Waals surface area contributed by atoms with Crippen molar-refractivity contribution in [2.24, 2.45) is 0 Å². The maximum atomic E-state index is 10.5. The van der Waals surface area contributed by atoms with Gasteiger partial charge in [-0.2, -0.15) is 0 Å². The second kappa shape index (κ2) is 5.99. The Hall–Kier alpha value is -0.970. The lowest BCUT2D eigenvalue weighted by Gasteiger charge is -2.26. The Kier molecular flexibility index (Phi) is 4.55. The largest absolute Gasteiger partial charge is 0.387 e. The molecular weight excluding hydrogens is 238 g/mol. The van der Waals surface area contributed by atoms with E-state index in [0.717, 1.165) is 44.7 Å². The number of hydrogen-bond acceptors (Lipinski definition) is 4. The summed E-state index contributed by atoms with van der Waals surface area (Å²) >= 11 is 0. The standard InChI is InChI=1S/C15H25N3O/c1-4-13-5-6-14(16-9-13)10-18-8-7-15(19,12-18)11-17(2)3/h5-6,9,19H,4,7-8,10-12H2,1-3H3. The van der Waals surface area contributed by atoms with Crippen LogP contribution in [-0.4, -0.2) is 59.2 Å². The second-order valence-corrected chi connectivity index (χ2v) is 5.93. The van der Waals surface area contributed by atoms with Crippen molar-refractivity contribution in [3.05, 3.63) is 29.6 Å². The first kappa shape index (κ1) is 14.4. The van der Waals surface area contributed by atoms with E-state index in [0.29, 0.717) is 0 Å². The third-order valence-corrected chi connectivity index (χ3v) is 3.70. The number of β-amino-alcohol motifs (C(OH)–C–C–N with tert-alkyl or cyclic N) is 1. The van der Waals surface area contributed by atoms with Crippen molar-refractivity contribution in [2.75, 3.05) is 33.7 Å². The average Bonchev–Trinajstić information content (AvgIpc) is 2.70. The molecule has 1 aliphatic heterocycles. The first-order valence-electron chi connectivity index (χ1n) is 7.04. The van der Waals surface area contributed by atoms with Gasteiger partial charge >= 0.3 is 0 Å². The number of aliphatic hydroxyl groups is 1. The van der Waals surface area contributed by atoms with Crippen LogP contribution in [0.25, 0.3) is 0 Å². The van der Waals surface area contributed by atoms with Crippen molar-refractivity contribution < 1.29 is 5.11 Å². The van der Waals surface area contributed by atoms with Crippen LogP contribution in [0.5, 0.6) is 0 Å². The van der Waals surface area contributed by atoms with E-state index in [-0.39, 0.29) is 0 Å². The molecule has 19 heavy (non-hydrogen) atoms. The summed E-state index contributed by atoms with van der Waals surface area (Å²) in [5.41, 5.74) is 1.80. The van der Waals surface area contributed by atoms with E-state index in [4.69, 9.17) is 0 Å². The van der Waals surface area contributed by atoms with E-state index in [1.165, 1.54) is 5.56 Å². The van der Waals surface area contributed by atoms with Crippen molar-refractivity contribution in [3.8, 4) is 0 Å². The fraction of sp³-hybridized carbons (Fsp3) is 0.667. The van der Waals surface area contributed by atoms with Crippen LogP contribution in [0.15, 0.2) is 18.3 Å². The third kappa shape index (κ3) is 4.00. The van der Waals surface area contributed by atoms with Gasteiger partial charge in [-0.3, -0.25) is 9.88 Å². The van der Waals surface area contributed by atoms with Crippen molar-refractivity contribution in [1.29, 1.82) is 0 Å². The van der Waals surface area contributed by atoms with Gasteiger partial charge in [0.1, 0.15) is 0 Å².